The SMILES string of the molecule is O=C(O)CS(=O)(=O)NCc1cccc2cccnc12. The van der Waals surface area contributed by atoms with Crippen LogP contribution < -0.4 is 4.72 Å². The summed E-state index contributed by atoms with van der Waals surface area (Å²) in [5.74, 6) is -2.32. The average molecular weight is 280 g/mol. The van der Waals surface area contributed by atoms with E-state index in [1.165, 1.54) is 0 Å². The van der Waals surface area contributed by atoms with Gasteiger partial charge in [-0.3, -0.25) is 9.78 Å². The first-order valence-electron chi connectivity index (χ1n) is 5.50. The molecule has 0 radical (unpaired) electrons. The second-order valence-corrected chi connectivity index (χ2v) is 5.77. The number of carboxylic acids is 1. The van der Waals surface area contributed by atoms with Crippen LogP contribution in [0.1, 0.15) is 5.56 Å². The van der Waals surface area contributed by atoms with Crippen molar-refractivity contribution < 1.29 is 18.3 Å². The number of aliphatic carboxylic acids is 1. The fourth-order valence-corrected chi connectivity index (χ4v) is 2.51. The minimum absolute atomic E-state index is 0.0178. The summed E-state index contributed by atoms with van der Waals surface area (Å²) >= 11 is 0. The summed E-state index contributed by atoms with van der Waals surface area (Å²) in [6.45, 7) is 0.0178. The van der Waals surface area contributed by atoms with Crippen LogP contribution in [-0.4, -0.2) is 30.2 Å². The number of sulfonamides is 1. The van der Waals surface area contributed by atoms with Crippen molar-refractivity contribution >= 4 is 26.9 Å². The smallest absolute Gasteiger partial charge is 0.320 e. The Morgan fingerprint density at radius 2 is 2.00 bits per heavy atom. The van der Waals surface area contributed by atoms with Crippen molar-refractivity contribution in [3.63, 3.8) is 0 Å². The first-order chi connectivity index (χ1) is 8.98. The van der Waals surface area contributed by atoms with Gasteiger partial charge in [0.05, 0.1) is 5.52 Å². The molecule has 7 heteroatoms. The Bertz CT molecular complexity index is 707. The zero-order valence-electron chi connectivity index (χ0n) is 9.91. The Morgan fingerprint density at radius 1 is 1.26 bits per heavy atom. The number of nitrogens with one attached hydrogen (secondary N) is 1. The lowest BCUT2D eigenvalue weighted by Crippen LogP contribution is -2.29. The van der Waals surface area contributed by atoms with Gasteiger partial charge in [-0.05, 0) is 11.6 Å². The molecule has 1 aromatic heterocycles. The van der Waals surface area contributed by atoms with Crippen molar-refractivity contribution in [2.75, 3.05) is 5.75 Å². The molecule has 19 heavy (non-hydrogen) atoms. The van der Waals surface area contributed by atoms with Crippen LogP contribution >= 0.6 is 0 Å². The topological polar surface area (TPSA) is 96.4 Å². The molecule has 6 nitrogen and oxygen atoms in total. The van der Waals surface area contributed by atoms with Gasteiger partial charge in [0.2, 0.25) is 10.0 Å². The van der Waals surface area contributed by atoms with Crippen molar-refractivity contribution in [1.29, 1.82) is 0 Å². The van der Waals surface area contributed by atoms with E-state index in [2.05, 4.69) is 9.71 Å². The van der Waals surface area contributed by atoms with E-state index in [-0.39, 0.29) is 6.54 Å². The van der Waals surface area contributed by atoms with Crippen molar-refractivity contribution in [2.45, 2.75) is 6.54 Å². The van der Waals surface area contributed by atoms with Crippen molar-refractivity contribution in [2.24, 2.45) is 0 Å². The highest BCUT2D eigenvalue weighted by atomic mass is 32.2. The van der Waals surface area contributed by atoms with Crippen LogP contribution in [0.2, 0.25) is 0 Å². The number of nitrogens with zero attached hydrogens (tertiary/aromatic N) is 1. The van der Waals surface area contributed by atoms with Gasteiger partial charge in [-0.1, -0.05) is 24.3 Å². The highest BCUT2D eigenvalue weighted by molar-refractivity contribution is 7.90. The number of carbonyl (C=O) groups is 1. The zero-order valence-corrected chi connectivity index (χ0v) is 10.7. The maximum Gasteiger partial charge on any atom is 0.320 e. The summed E-state index contributed by atoms with van der Waals surface area (Å²) in [5.41, 5.74) is 1.40. The molecule has 0 aliphatic carbocycles. The van der Waals surface area contributed by atoms with E-state index in [9.17, 15) is 13.2 Å². The normalized spacial score (nSPS) is 11.6. The van der Waals surface area contributed by atoms with Gasteiger partial charge in [0, 0.05) is 18.1 Å². The summed E-state index contributed by atoms with van der Waals surface area (Å²) in [4.78, 5) is 14.6. The lowest BCUT2D eigenvalue weighted by molar-refractivity contribution is -0.134. The van der Waals surface area contributed by atoms with Crippen LogP contribution in [0.15, 0.2) is 36.5 Å². The molecular formula is C12H12N2O4S. The molecular weight excluding hydrogens is 268 g/mol. The molecule has 2 N–H and O–H groups in total. The Labute approximate surface area is 110 Å². The number of benzene rings is 1. The third-order valence-electron chi connectivity index (χ3n) is 2.51. The molecule has 0 saturated carbocycles. The predicted octanol–water partition coefficient (Wildman–Crippen LogP) is 0.739. The van der Waals surface area contributed by atoms with Crippen LogP contribution in [0.4, 0.5) is 0 Å². The predicted molar refractivity (Wildman–Crippen MR) is 70.0 cm³/mol. The number of rotatable bonds is 5. The highest BCUT2D eigenvalue weighted by Gasteiger charge is 2.15. The van der Waals surface area contributed by atoms with E-state index in [1.54, 1.807) is 24.4 Å². The first-order valence-corrected chi connectivity index (χ1v) is 7.15. The summed E-state index contributed by atoms with van der Waals surface area (Å²) < 4.78 is 25.1. The Balaban J connectivity index is 2.21. The zero-order chi connectivity index (χ0) is 13.9. The molecule has 0 aliphatic rings. The standard InChI is InChI=1S/C12H12N2O4S/c15-11(16)8-19(17,18)14-7-10-4-1-3-9-5-2-6-13-12(9)10/h1-6,14H,7-8H2,(H,15,16). The fraction of sp³-hybridized carbons (Fsp3) is 0.167. The molecule has 0 fully saturated rings. The third-order valence-corrected chi connectivity index (χ3v) is 3.72. The summed E-state index contributed by atoms with van der Waals surface area (Å²) in [6, 6.07) is 9.08. The number of hydrogen-bond donors (Lipinski definition) is 2. The molecule has 0 atom stereocenters. The highest BCUT2D eigenvalue weighted by Crippen LogP contribution is 2.15. The minimum atomic E-state index is -3.82. The number of para-hydroxylation sites is 1. The second-order valence-electron chi connectivity index (χ2n) is 3.97. The number of fused-ring (bicyclic) bond motifs is 1. The van der Waals surface area contributed by atoms with Gasteiger partial charge in [0.25, 0.3) is 0 Å². The summed E-state index contributed by atoms with van der Waals surface area (Å²) in [6.07, 6.45) is 1.62. The monoisotopic (exact) mass is 280 g/mol. The molecule has 0 aliphatic heterocycles. The summed E-state index contributed by atoms with van der Waals surface area (Å²) in [5, 5.41) is 9.39. The van der Waals surface area contributed by atoms with E-state index in [4.69, 9.17) is 5.11 Å². The largest absolute Gasteiger partial charge is 0.480 e. The average Bonchev–Trinajstić information content (AvgIpc) is 2.35. The fourth-order valence-electron chi connectivity index (χ4n) is 1.71. The quantitative estimate of drug-likeness (QED) is 0.842. The number of aromatic nitrogens is 1. The van der Waals surface area contributed by atoms with Crippen LogP contribution in [0.3, 0.4) is 0 Å². The van der Waals surface area contributed by atoms with Gasteiger partial charge in [0.1, 0.15) is 0 Å². The summed E-state index contributed by atoms with van der Waals surface area (Å²) in [7, 11) is -3.82. The molecule has 0 spiro atoms. The van der Waals surface area contributed by atoms with E-state index in [1.807, 2.05) is 12.1 Å². The van der Waals surface area contributed by atoms with Gasteiger partial charge in [-0.2, -0.15) is 0 Å². The van der Waals surface area contributed by atoms with Gasteiger partial charge in [-0.25, -0.2) is 13.1 Å². The van der Waals surface area contributed by atoms with Crippen LogP contribution in [0.25, 0.3) is 10.9 Å². The first kappa shape index (κ1) is 13.4. The van der Waals surface area contributed by atoms with Crippen LogP contribution in [0.5, 0.6) is 0 Å². The lowest BCUT2D eigenvalue weighted by atomic mass is 10.1. The van der Waals surface area contributed by atoms with Crippen LogP contribution in [-0.2, 0) is 21.4 Å². The van der Waals surface area contributed by atoms with E-state index in [0.29, 0.717) is 11.1 Å². The van der Waals surface area contributed by atoms with E-state index >= 15 is 0 Å². The third kappa shape index (κ3) is 3.49. The maximum atomic E-state index is 11.4. The van der Waals surface area contributed by atoms with E-state index < -0.39 is 21.7 Å². The van der Waals surface area contributed by atoms with Gasteiger partial charge < -0.3 is 5.11 Å². The second kappa shape index (κ2) is 5.33. The number of pyridine rings is 1. The van der Waals surface area contributed by atoms with Gasteiger partial charge in [-0.15, -0.1) is 0 Å². The molecule has 0 bridgehead atoms. The molecule has 1 heterocycles. The number of carboxylic acid groups (broad SMARTS) is 1. The van der Waals surface area contributed by atoms with Crippen molar-refractivity contribution in [3.8, 4) is 0 Å². The number of hydrogen-bond acceptors (Lipinski definition) is 4. The van der Waals surface area contributed by atoms with Gasteiger partial charge >= 0.3 is 5.97 Å². The molecule has 0 amide bonds. The maximum absolute atomic E-state index is 11.4. The molecule has 2 aromatic rings. The molecule has 0 saturated heterocycles. The molecule has 2 rings (SSSR count). The molecule has 0 unspecified atom stereocenters. The Morgan fingerprint density at radius 3 is 2.74 bits per heavy atom. The lowest BCUT2D eigenvalue weighted by Gasteiger charge is -2.07. The van der Waals surface area contributed by atoms with Gasteiger partial charge in [0.15, 0.2) is 5.75 Å². The van der Waals surface area contributed by atoms with Crippen molar-refractivity contribution in [3.05, 3.63) is 42.1 Å². The molecule has 1 aromatic carbocycles. The molecule has 100 valence electrons. The van der Waals surface area contributed by atoms with Crippen molar-refractivity contribution in [1.82, 2.24) is 9.71 Å². The van der Waals surface area contributed by atoms with E-state index in [0.717, 1.165) is 5.39 Å². The van der Waals surface area contributed by atoms with Crippen LogP contribution in [0, 0.1) is 0 Å². The Kier molecular flexibility index (Phi) is 3.77. The Hall–Kier alpha value is -1.99. The minimum Gasteiger partial charge on any atom is -0.480 e.